The van der Waals surface area contributed by atoms with E-state index in [4.69, 9.17) is 11.0 Å². The fraction of sp³-hybridized carbons (Fsp3) is 0.389. The number of nitrogens with one attached hydrogen (secondary N) is 2. The second-order valence-corrected chi connectivity index (χ2v) is 8.48. The molecule has 10 heteroatoms. The molecule has 1 aromatic heterocycles. The third-order valence-electron chi connectivity index (χ3n) is 4.80. The number of sulfonamides is 1. The van der Waals surface area contributed by atoms with Crippen molar-refractivity contribution < 1.29 is 8.42 Å². The number of likely N-dealkylation sites (tertiary alicyclic amines) is 1. The number of nitrogens with zero attached hydrogens (tertiary/aromatic N) is 4. The smallest absolute Gasteiger partial charge is 0.240 e. The molecule has 1 fully saturated rings. The lowest BCUT2D eigenvalue weighted by Gasteiger charge is -2.19. The van der Waals surface area contributed by atoms with E-state index in [0.29, 0.717) is 18.3 Å². The van der Waals surface area contributed by atoms with E-state index in [-0.39, 0.29) is 22.2 Å². The number of hydrogen-bond acceptors (Lipinski definition) is 8. The van der Waals surface area contributed by atoms with Crippen LogP contribution >= 0.6 is 0 Å². The molecule has 148 valence electrons. The topological polar surface area (TPSA) is 137 Å². The number of nitrogen functional groups attached to an aromatic ring is 1. The summed E-state index contributed by atoms with van der Waals surface area (Å²) in [4.78, 5) is 10.5. The van der Waals surface area contributed by atoms with E-state index in [2.05, 4.69) is 32.0 Å². The molecule has 1 aliphatic rings. The van der Waals surface area contributed by atoms with Crippen molar-refractivity contribution in [2.24, 2.45) is 0 Å². The summed E-state index contributed by atoms with van der Waals surface area (Å²) in [5.41, 5.74) is 6.47. The molecule has 1 atom stereocenters. The van der Waals surface area contributed by atoms with E-state index in [1.165, 1.54) is 18.3 Å². The Labute approximate surface area is 164 Å². The van der Waals surface area contributed by atoms with Gasteiger partial charge in [0.15, 0.2) is 0 Å². The fourth-order valence-electron chi connectivity index (χ4n) is 3.18. The Kier molecular flexibility index (Phi) is 6.08. The summed E-state index contributed by atoms with van der Waals surface area (Å²) in [5, 5.41) is 11.8. The van der Waals surface area contributed by atoms with Crippen molar-refractivity contribution in [2.45, 2.75) is 30.2 Å². The Balaban J connectivity index is 1.59. The Morgan fingerprint density at radius 3 is 2.71 bits per heavy atom. The monoisotopic (exact) mass is 401 g/mol. The van der Waals surface area contributed by atoms with Crippen molar-refractivity contribution in [2.75, 3.05) is 31.2 Å². The molecule has 2 aromatic rings. The molecule has 1 saturated heterocycles. The molecule has 0 aliphatic carbocycles. The van der Waals surface area contributed by atoms with Gasteiger partial charge in [-0.25, -0.2) is 18.1 Å². The largest absolute Gasteiger partial charge is 0.382 e. The Morgan fingerprint density at radius 1 is 1.36 bits per heavy atom. The number of hydrogen-bond donors (Lipinski definition) is 3. The van der Waals surface area contributed by atoms with E-state index < -0.39 is 10.0 Å². The predicted octanol–water partition coefficient (Wildman–Crippen LogP) is 1.44. The number of nitrogens with two attached hydrogens (primary N) is 1. The molecular formula is C18H23N7O2S. The Bertz CT molecular complexity index is 970. The second-order valence-electron chi connectivity index (χ2n) is 6.72. The second kappa shape index (κ2) is 8.52. The average Bonchev–Trinajstić information content (AvgIpc) is 3.07. The molecule has 2 heterocycles. The van der Waals surface area contributed by atoms with Crippen molar-refractivity contribution in [3.63, 3.8) is 0 Å². The van der Waals surface area contributed by atoms with Crippen LogP contribution in [0.1, 0.15) is 24.8 Å². The minimum Gasteiger partial charge on any atom is -0.382 e. The van der Waals surface area contributed by atoms with Crippen LogP contribution in [0.25, 0.3) is 0 Å². The van der Waals surface area contributed by atoms with Crippen molar-refractivity contribution in [3.05, 3.63) is 36.0 Å². The van der Waals surface area contributed by atoms with E-state index in [1.54, 1.807) is 12.1 Å². The van der Waals surface area contributed by atoms with E-state index in [1.807, 2.05) is 6.07 Å². The highest BCUT2D eigenvalue weighted by Crippen LogP contribution is 2.19. The summed E-state index contributed by atoms with van der Waals surface area (Å²) >= 11 is 0. The highest BCUT2D eigenvalue weighted by Gasteiger charge is 2.21. The van der Waals surface area contributed by atoms with Gasteiger partial charge in [0, 0.05) is 18.3 Å². The van der Waals surface area contributed by atoms with Crippen LogP contribution in [0.2, 0.25) is 0 Å². The van der Waals surface area contributed by atoms with Crippen LogP contribution in [0.4, 0.5) is 17.5 Å². The zero-order valence-corrected chi connectivity index (χ0v) is 16.4. The summed E-state index contributed by atoms with van der Waals surface area (Å²) in [5.74, 6) is 0.308. The van der Waals surface area contributed by atoms with Gasteiger partial charge in [0.2, 0.25) is 16.0 Å². The van der Waals surface area contributed by atoms with Gasteiger partial charge in [-0.1, -0.05) is 0 Å². The zero-order chi connectivity index (χ0) is 20.1. The molecule has 9 nitrogen and oxygen atoms in total. The van der Waals surface area contributed by atoms with Crippen LogP contribution in [-0.2, 0) is 10.0 Å². The number of aromatic nitrogens is 2. The van der Waals surface area contributed by atoms with Crippen LogP contribution in [-0.4, -0.2) is 49.5 Å². The molecule has 0 saturated carbocycles. The Hall–Kier alpha value is -2.74. The average molecular weight is 401 g/mol. The van der Waals surface area contributed by atoms with Gasteiger partial charge in [0.1, 0.15) is 17.5 Å². The lowest BCUT2D eigenvalue weighted by molar-refractivity contribution is 0.297. The standard InChI is InChI=1S/C18H23N7O2S/c1-25-10-2-3-15(25)8-9-22-28(26,27)16-6-4-14(5-7-16)23-18-21-12-13(11-19)17(20)24-18/h4-7,12,15,22H,2-3,8-10H2,1H3,(H3,20,21,23,24). The lowest BCUT2D eigenvalue weighted by Crippen LogP contribution is -2.31. The van der Waals surface area contributed by atoms with Crippen molar-refractivity contribution >= 4 is 27.5 Å². The molecule has 0 amide bonds. The fourth-order valence-corrected chi connectivity index (χ4v) is 4.22. The van der Waals surface area contributed by atoms with E-state index >= 15 is 0 Å². The molecule has 3 rings (SSSR count). The van der Waals surface area contributed by atoms with Gasteiger partial charge in [-0.15, -0.1) is 0 Å². The molecule has 0 radical (unpaired) electrons. The quantitative estimate of drug-likeness (QED) is 0.634. The predicted molar refractivity (Wildman–Crippen MR) is 106 cm³/mol. The van der Waals surface area contributed by atoms with E-state index in [9.17, 15) is 8.42 Å². The first kappa shape index (κ1) is 20.0. The minimum absolute atomic E-state index is 0.0799. The Morgan fingerprint density at radius 2 is 2.11 bits per heavy atom. The van der Waals surface area contributed by atoms with Gasteiger partial charge >= 0.3 is 0 Å². The lowest BCUT2D eigenvalue weighted by atomic mass is 10.1. The van der Waals surface area contributed by atoms with Crippen molar-refractivity contribution in [1.29, 1.82) is 5.26 Å². The van der Waals surface area contributed by atoms with Crippen LogP contribution in [0, 0.1) is 11.3 Å². The molecule has 28 heavy (non-hydrogen) atoms. The summed E-state index contributed by atoms with van der Waals surface area (Å²) in [6, 6.07) is 8.60. The highest BCUT2D eigenvalue weighted by atomic mass is 32.2. The van der Waals surface area contributed by atoms with Gasteiger partial charge in [0.25, 0.3) is 0 Å². The van der Waals surface area contributed by atoms with Gasteiger partial charge in [-0.2, -0.15) is 10.2 Å². The molecule has 1 unspecified atom stereocenters. The summed E-state index contributed by atoms with van der Waals surface area (Å²) in [6.45, 7) is 1.48. The van der Waals surface area contributed by atoms with Gasteiger partial charge in [0.05, 0.1) is 11.1 Å². The minimum atomic E-state index is -3.56. The summed E-state index contributed by atoms with van der Waals surface area (Å²) in [7, 11) is -1.49. The number of nitriles is 1. The third kappa shape index (κ3) is 4.75. The van der Waals surface area contributed by atoms with Gasteiger partial charge in [-0.3, -0.25) is 0 Å². The zero-order valence-electron chi connectivity index (χ0n) is 15.6. The molecule has 0 bridgehead atoms. The molecule has 4 N–H and O–H groups in total. The maximum absolute atomic E-state index is 12.5. The van der Waals surface area contributed by atoms with Crippen LogP contribution < -0.4 is 15.8 Å². The molecule has 1 aromatic carbocycles. The molecule has 0 spiro atoms. The van der Waals surface area contributed by atoms with Crippen molar-refractivity contribution in [3.8, 4) is 6.07 Å². The maximum atomic E-state index is 12.5. The van der Waals surface area contributed by atoms with Gasteiger partial charge in [-0.05, 0) is 57.1 Å². The van der Waals surface area contributed by atoms with Crippen LogP contribution in [0.15, 0.2) is 35.4 Å². The summed E-state index contributed by atoms with van der Waals surface area (Å²) in [6.07, 6.45) is 4.40. The highest BCUT2D eigenvalue weighted by molar-refractivity contribution is 7.89. The molecule has 1 aliphatic heterocycles. The number of benzene rings is 1. The first-order valence-electron chi connectivity index (χ1n) is 8.98. The van der Waals surface area contributed by atoms with Crippen LogP contribution in [0.3, 0.4) is 0 Å². The first-order valence-corrected chi connectivity index (χ1v) is 10.5. The SMILES string of the molecule is CN1CCCC1CCNS(=O)(=O)c1ccc(Nc2ncc(C#N)c(N)n2)cc1. The van der Waals surface area contributed by atoms with Gasteiger partial charge < -0.3 is 16.0 Å². The first-order chi connectivity index (χ1) is 13.4. The summed E-state index contributed by atoms with van der Waals surface area (Å²) < 4.78 is 27.6. The third-order valence-corrected chi connectivity index (χ3v) is 6.28. The normalized spacial score (nSPS) is 17.4. The molecular weight excluding hydrogens is 378 g/mol. The number of rotatable bonds is 7. The van der Waals surface area contributed by atoms with Crippen molar-refractivity contribution in [1.82, 2.24) is 19.6 Å². The maximum Gasteiger partial charge on any atom is 0.240 e. The number of anilines is 3. The van der Waals surface area contributed by atoms with Crippen LogP contribution in [0.5, 0.6) is 0 Å². The van der Waals surface area contributed by atoms with E-state index in [0.717, 1.165) is 25.8 Å².